The number of hydrogen-bond donors (Lipinski definition) is 0. The Balaban J connectivity index is 1.12. The van der Waals surface area contributed by atoms with E-state index < -0.39 is 0 Å². The molecule has 0 saturated carbocycles. The smallest absolute Gasteiger partial charge is 0.164 e. The summed E-state index contributed by atoms with van der Waals surface area (Å²) in [6, 6.07) is 69.3. The molecule has 0 fully saturated rings. The van der Waals surface area contributed by atoms with Crippen molar-refractivity contribution in [1.82, 2.24) is 24.7 Å². The summed E-state index contributed by atoms with van der Waals surface area (Å²) in [5.41, 5.74) is 11.5. The number of para-hydroxylation sites is 1. The molecule has 0 spiro atoms. The topological polar surface area (TPSA) is 56.5 Å². The van der Waals surface area contributed by atoms with Crippen molar-refractivity contribution in [2.45, 2.75) is 0 Å². The Kier molecular flexibility index (Phi) is 8.08. The van der Waals surface area contributed by atoms with E-state index >= 15 is 0 Å². The average molecular weight is 704 g/mol. The van der Waals surface area contributed by atoms with Gasteiger partial charge in [0, 0.05) is 33.0 Å². The number of hydrogen-bond acceptors (Lipinski definition) is 4. The quantitative estimate of drug-likeness (QED) is 0.166. The predicted molar refractivity (Wildman–Crippen MR) is 225 cm³/mol. The number of fused-ring (bicyclic) bond motifs is 3. The minimum absolute atomic E-state index is 0.635. The van der Waals surface area contributed by atoms with Crippen molar-refractivity contribution in [1.29, 1.82) is 0 Å². The molecule has 2 aromatic heterocycles. The predicted octanol–water partition coefficient (Wildman–Crippen LogP) is 12.4. The van der Waals surface area contributed by atoms with Crippen LogP contribution in [-0.4, -0.2) is 24.7 Å². The van der Waals surface area contributed by atoms with Gasteiger partial charge in [-0.2, -0.15) is 5.10 Å². The summed E-state index contributed by atoms with van der Waals surface area (Å²) >= 11 is 0. The summed E-state index contributed by atoms with van der Waals surface area (Å²) < 4.78 is 2.11. The normalized spacial score (nSPS) is 11.3. The van der Waals surface area contributed by atoms with Crippen molar-refractivity contribution in [3.05, 3.63) is 200 Å². The molecule has 0 aliphatic heterocycles. The summed E-state index contributed by atoms with van der Waals surface area (Å²) in [4.78, 5) is 14.7. The summed E-state index contributed by atoms with van der Waals surface area (Å²) in [7, 11) is 0. The molecule has 0 radical (unpaired) electrons. The first kappa shape index (κ1) is 32.2. The molecular weight excluding hydrogens is 671 g/mol. The minimum atomic E-state index is 0.635. The van der Waals surface area contributed by atoms with Crippen LogP contribution >= 0.6 is 0 Å². The monoisotopic (exact) mass is 703 g/mol. The molecule has 0 aliphatic rings. The van der Waals surface area contributed by atoms with Gasteiger partial charge in [0.15, 0.2) is 17.5 Å². The number of rotatable bonds is 7. The Morgan fingerprint density at radius 2 is 0.782 bits per heavy atom. The third kappa shape index (κ3) is 6.04. The second-order valence-electron chi connectivity index (χ2n) is 13.5. The van der Waals surface area contributed by atoms with Crippen molar-refractivity contribution in [2.24, 2.45) is 0 Å². The first-order valence-electron chi connectivity index (χ1n) is 18.4. The Bertz CT molecular complexity index is 2870. The van der Waals surface area contributed by atoms with Crippen molar-refractivity contribution >= 4 is 21.7 Å². The maximum atomic E-state index is 5.34. The fourth-order valence-electron chi connectivity index (χ4n) is 7.38. The van der Waals surface area contributed by atoms with Gasteiger partial charge in [-0.15, -0.1) is 0 Å². The highest BCUT2D eigenvalue weighted by molar-refractivity contribution is 6.17. The molecule has 10 rings (SSSR count). The summed E-state index contributed by atoms with van der Waals surface area (Å²) in [5, 5.41) is 8.75. The highest BCUT2D eigenvalue weighted by Crippen LogP contribution is 2.42. The van der Waals surface area contributed by atoms with E-state index in [-0.39, 0.29) is 0 Å². The molecule has 0 N–H and O–H groups in total. The molecular formula is C50H33N5. The van der Waals surface area contributed by atoms with E-state index in [1.54, 1.807) is 0 Å². The maximum absolute atomic E-state index is 5.34. The fourth-order valence-corrected chi connectivity index (χ4v) is 7.38. The first-order valence-corrected chi connectivity index (χ1v) is 18.4. The first-order chi connectivity index (χ1) is 27.3. The zero-order valence-corrected chi connectivity index (χ0v) is 29.8. The number of nitrogens with zero attached hydrogens (tertiary/aromatic N) is 5. The van der Waals surface area contributed by atoms with Gasteiger partial charge in [0.2, 0.25) is 0 Å². The Morgan fingerprint density at radius 1 is 0.345 bits per heavy atom. The van der Waals surface area contributed by atoms with Gasteiger partial charge in [-0.3, -0.25) is 0 Å². The molecule has 0 amide bonds. The lowest BCUT2D eigenvalue weighted by molar-refractivity contribution is 0.918. The van der Waals surface area contributed by atoms with Crippen LogP contribution in [0.15, 0.2) is 200 Å². The van der Waals surface area contributed by atoms with Gasteiger partial charge in [-0.25, -0.2) is 19.6 Å². The summed E-state index contributed by atoms with van der Waals surface area (Å²) in [6.45, 7) is 0. The Hall–Kier alpha value is -7.50. The third-order valence-corrected chi connectivity index (χ3v) is 10.1. The van der Waals surface area contributed by atoms with Crippen molar-refractivity contribution in [3.63, 3.8) is 0 Å². The van der Waals surface area contributed by atoms with Crippen LogP contribution in [0.1, 0.15) is 0 Å². The number of aromatic nitrogens is 5. The molecule has 5 nitrogen and oxygen atoms in total. The van der Waals surface area contributed by atoms with E-state index in [0.29, 0.717) is 17.5 Å². The molecule has 2 heterocycles. The standard InChI is InChI=1S/C50H33N5/c1-6-16-35(17-7-1)44-33-41-32-40(30-31-43(41)47-45(44)46(36-18-8-2-9-19-36)54-55(47)42-24-14-5-15-25-42)34-26-28-39(29-27-34)50-52-48(37-20-10-3-11-21-37)51-49(53-50)38-22-12-4-13-23-38/h1-33H. The van der Waals surface area contributed by atoms with Crippen LogP contribution in [0.3, 0.4) is 0 Å². The van der Waals surface area contributed by atoms with Crippen molar-refractivity contribution < 1.29 is 0 Å². The molecule has 0 aliphatic carbocycles. The molecule has 0 atom stereocenters. The Morgan fingerprint density at radius 3 is 1.33 bits per heavy atom. The van der Waals surface area contributed by atoms with Crippen molar-refractivity contribution in [2.75, 3.05) is 0 Å². The molecule has 0 saturated heterocycles. The molecule has 8 aromatic carbocycles. The van der Waals surface area contributed by atoms with Crippen LogP contribution in [0.4, 0.5) is 0 Å². The van der Waals surface area contributed by atoms with E-state index in [0.717, 1.165) is 77.6 Å². The van der Waals surface area contributed by atoms with E-state index in [1.165, 1.54) is 0 Å². The van der Waals surface area contributed by atoms with Crippen LogP contribution in [0.25, 0.3) is 95.0 Å². The average Bonchev–Trinajstić information content (AvgIpc) is 3.68. The largest absolute Gasteiger partial charge is 0.232 e. The summed E-state index contributed by atoms with van der Waals surface area (Å²) in [5.74, 6) is 1.93. The molecule has 55 heavy (non-hydrogen) atoms. The second-order valence-corrected chi connectivity index (χ2v) is 13.5. The van der Waals surface area contributed by atoms with Gasteiger partial charge in [-0.1, -0.05) is 176 Å². The minimum Gasteiger partial charge on any atom is -0.232 e. The Labute approximate surface area is 318 Å². The van der Waals surface area contributed by atoms with Gasteiger partial charge in [-0.05, 0) is 51.9 Å². The molecule has 0 unspecified atom stereocenters. The highest BCUT2D eigenvalue weighted by Gasteiger charge is 2.21. The van der Waals surface area contributed by atoms with Gasteiger partial charge < -0.3 is 0 Å². The zero-order valence-electron chi connectivity index (χ0n) is 29.8. The fraction of sp³-hybridized carbons (Fsp3) is 0. The highest BCUT2D eigenvalue weighted by atomic mass is 15.3. The lowest BCUT2D eigenvalue weighted by Crippen LogP contribution is -2.00. The summed E-state index contributed by atoms with van der Waals surface area (Å²) in [6.07, 6.45) is 0. The molecule has 258 valence electrons. The van der Waals surface area contributed by atoms with E-state index in [9.17, 15) is 0 Å². The zero-order chi connectivity index (χ0) is 36.6. The molecule has 5 heteroatoms. The van der Waals surface area contributed by atoms with E-state index in [2.05, 4.69) is 138 Å². The molecule has 0 bridgehead atoms. The molecule has 10 aromatic rings. The van der Waals surface area contributed by atoms with Gasteiger partial charge in [0.1, 0.15) is 5.69 Å². The van der Waals surface area contributed by atoms with E-state index in [4.69, 9.17) is 20.1 Å². The second kappa shape index (κ2) is 13.8. The third-order valence-electron chi connectivity index (χ3n) is 10.1. The van der Waals surface area contributed by atoms with Crippen LogP contribution in [-0.2, 0) is 0 Å². The van der Waals surface area contributed by atoms with Crippen molar-refractivity contribution in [3.8, 4) is 73.4 Å². The van der Waals surface area contributed by atoms with Gasteiger partial charge in [0.05, 0.1) is 11.2 Å². The lowest BCUT2D eigenvalue weighted by Gasteiger charge is -2.13. The van der Waals surface area contributed by atoms with Gasteiger partial charge >= 0.3 is 0 Å². The van der Waals surface area contributed by atoms with Crippen LogP contribution in [0.2, 0.25) is 0 Å². The van der Waals surface area contributed by atoms with E-state index in [1.807, 2.05) is 66.7 Å². The maximum Gasteiger partial charge on any atom is 0.164 e. The van der Waals surface area contributed by atoms with Crippen LogP contribution < -0.4 is 0 Å². The number of benzene rings is 8. The van der Waals surface area contributed by atoms with Crippen LogP contribution in [0, 0.1) is 0 Å². The SMILES string of the molecule is c1ccc(-c2nc(-c3ccccc3)nc(-c3ccc(-c4ccc5c(c4)cc(-c4ccccc4)c4c(-c6ccccc6)nn(-c6ccccc6)c45)cc3)n2)cc1. The lowest BCUT2D eigenvalue weighted by atomic mass is 9.92. The van der Waals surface area contributed by atoms with Crippen LogP contribution in [0.5, 0.6) is 0 Å². The van der Waals surface area contributed by atoms with Gasteiger partial charge in [0.25, 0.3) is 0 Å².